The summed E-state index contributed by atoms with van der Waals surface area (Å²) in [5, 5.41) is 19.6. The van der Waals surface area contributed by atoms with Crippen molar-refractivity contribution in [3.8, 4) is 0 Å². The molecule has 3 heteroatoms. The maximum Gasteiger partial charge on any atom is 0.306 e. The van der Waals surface area contributed by atoms with Crippen LogP contribution < -0.4 is 0 Å². The number of carboxylic acid groups (broad SMARTS) is 1. The molecular formula is C19H38O3. The average Bonchev–Trinajstić information content (AvgIpc) is 2.46. The van der Waals surface area contributed by atoms with Crippen LogP contribution in [0.4, 0.5) is 0 Å². The lowest BCUT2D eigenvalue weighted by molar-refractivity contribution is -0.143. The molecule has 2 N–H and O–H groups in total. The molecule has 132 valence electrons. The Labute approximate surface area is 137 Å². The van der Waals surface area contributed by atoms with Gasteiger partial charge in [-0.05, 0) is 12.8 Å². The molecule has 0 saturated carbocycles. The van der Waals surface area contributed by atoms with Crippen LogP contribution in [0.5, 0.6) is 0 Å². The molecule has 0 saturated heterocycles. The minimum absolute atomic E-state index is 0.100. The molecule has 0 rings (SSSR count). The second kappa shape index (κ2) is 14.0. The van der Waals surface area contributed by atoms with E-state index in [-0.39, 0.29) is 6.42 Å². The Hall–Kier alpha value is -0.570. The molecule has 0 bridgehead atoms. The first kappa shape index (κ1) is 21.4. The molecule has 0 amide bonds. The molecule has 0 radical (unpaired) electrons. The highest BCUT2D eigenvalue weighted by molar-refractivity contribution is 5.68. The van der Waals surface area contributed by atoms with Crippen LogP contribution in [-0.2, 0) is 4.79 Å². The van der Waals surface area contributed by atoms with E-state index in [1.54, 1.807) is 0 Å². The first-order valence-corrected chi connectivity index (χ1v) is 9.48. The highest BCUT2D eigenvalue weighted by Crippen LogP contribution is 2.26. The summed E-state index contributed by atoms with van der Waals surface area (Å²) in [6.07, 6.45) is 15.2. The molecule has 0 spiro atoms. The lowest BCUT2D eigenvalue weighted by atomic mass is 9.87. The molecule has 22 heavy (non-hydrogen) atoms. The summed E-state index contributed by atoms with van der Waals surface area (Å²) in [7, 11) is 0. The summed E-state index contributed by atoms with van der Waals surface area (Å²) in [5.41, 5.74) is -0.985. The SMILES string of the molecule is CCCCCCCCC(O)(CCCCCCCC)CC(=O)O. The van der Waals surface area contributed by atoms with Crippen molar-refractivity contribution in [1.29, 1.82) is 0 Å². The zero-order valence-electron chi connectivity index (χ0n) is 14.9. The minimum Gasteiger partial charge on any atom is -0.481 e. The third-order valence-electron chi connectivity index (χ3n) is 4.47. The Bertz CT molecular complexity index is 247. The fourth-order valence-corrected chi connectivity index (χ4v) is 3.05. The zero-order valence-corrected chi connectivity index (χ0v) is 14.9. The third kappa shape index (κ3) is 13.1. The molecule has 3 nitrogen and oxygen atoms in total. The van der Waals surface area contributed by atoms with Gasteiger partial charge < -0.3 is 10.2 Å². The van der Waals surface area contributed by atoms with Crippen molar-refractivity contribution in [2.24, 2.45) is 0 Å². The number of carbonyl (C=O) groups is 1. The molecule has 0 fully saturated rings. The maximum atomic E-state index is 11.0. The van der Waals surface area contributed by atoms with E-state index in [9.17, 15) is 9.90 Å². The van der Waals surface area contributed by atoms with Gasteiger partial charge in [0.1, 0.15) is 0 Å². The van der Waals surface area contributed by atoms with E-state index in [2.05, 4.69) is 13.8 Å². The van der Waals surface area contributed by atoms with Crippen molar-refractivity contribution < 1.29 is 15.0 Å². The van der Waals surface area contributed by atoms with Gasteiger partial charge in [0.15, 0.2) is 0 Å². The van der Waals surface area contributed by atoms with Gasteiger partial charge in [0, 0.05) is 0 Å². The van der Waals surface area contributed by atoms with Gasteiger partial charge in [-0.2, -0.15) is 0 Å². The van der Waals surface area contributed by atoms with Gasteiger partial charge in [-0.3, -0.25) is 4.79 Å². The molecule has 0 aromatic rings. The molecule has 0 atom stereocenters. The number of unbranched alkanes of at least 4 members (excludes halogenated alkanes) is 10. The van der Waals surface area contributed by atoms with Crippen LogP contribution in [0.15, 0.2) is 0 Å². The average molecular weight is 315 g/mol. The van der Waals surface area contributed by atoms with Gasteiger partial charge >= 0.3 is 5.97 Å². The summed E-state index contributed by atoms with van der Waals surface area (Å²) in [6.45, 7) is 4.40. The van der Waals surface area contributed by atoms with Crippen molar-refractivity contribution in [2.45, 2.75) is 116 Å². The van der Waals surface area contributed by atoms with Crippen molar-refractivity contribution in [3.63, 3.8) is 0 Å². The number of aliphatic hydroxyl groups is 1. The van der Waals surface area contributed by atoms with Crippen LogP contribution in [0.2, 0.25) is 0 Å². The lowest BCUT2D eigenvalue weighted by Crippen LogP contribution is -2.31. The lowest BCUT2D eigenvalue weighted by Gasteiger charge is -2.26. The van der Waals surface area contributed by atoms with Crippen molar-refractivity contribution in [1.82, 2.24) is 0 Å². The largest absolute Gasteiger partial charge is 0.481 e. The van der Waals surface area contributed by atoms with Crippen LogP contribution in [0, 0.1) is 0 Å². The monoisotopic (exact) mass is 314 g/mol. The minimum atomic E-state index is -0.985. The molecule has 0 aromatic carbocycles. The number of aliphatic carboxylic acids is 1. The number of carboxylic acids is 1. The second-order valence-corrected chi connectivity index (χ2v) is 6.83. The van der Waals surface area contributed by atoms with Crippen molar-refractivity contribution in [3.05, 3.63) is 0 Å². The van der Waals surface area contributed by atoms with Crippen LogP contribution >= 0.6 is 0 Å². The second-order valence-electron chi connectivity index (χ2n) is 6.83. The number of hydrogen-bond acceptors (Lipinski definition) is 2. The van der Waals surface area contributed by atoms with E-state index < -0.39 is 11.6 Å². The van der Waals surface area contributed by atoms with Crippen LogP contribution in [-0.4, -0.2) is 21.8 Å². The predicted octanol–water partition coefficient (Wildman–Crippen LogP) is 5.69. The summed E-state index contributed by atoms with van der Waals surface area (Å²) in [4.78, 5) is 11.0. The van der Waals surface area contributed by atoms with E-state index in [0.717, 1.165) is 25.7 Å². The van der Waals surface area contributed by atoms with Gasteiger partial charge in [-0.15, -0.1) is 0 Å². The van der Waals surface area contributed by atoms with E-state index in [1.165, 1.54) is 51.4 Å². The molecule has 0 aliphatic rings. The number of hydrogen-bond donors (Lipinski definition) is 2. The van der Waals surface area contributed by atoms with Gasteiger partial charge in [-0.1, -0.05) is 90.9 Å². The number of rotatable bonds is 16. The molecular weight excluding hydrogens is 276 g/mol. The highest BCUT2D eigenvalue weighted by atomic mass is 16.4. The van der Waals surface area contributed by atoms with Crippen LogP contribution in [0.25, 0.3) is 0 Å². The smallest absolute Gasteiger partial charge is 0.306 e. The standard InChI is InChI=1S/C19H38O3/c1-3-5-7-9-11-13-15-19(22,17-18(20)21)16-14-12-10-8-6-4-2/h22H,3-17H2,1-2H3,(H,20,21). The summed E-state index contributed by atoms with van der Waals surface area (Å²) >= 11 is 0. The molecule has 0 unspecified atom stereocenters. The highest BCUT2D eigenvalue weighted by Gasteiger charge is 2.28. The Morgan fingerprint density at radius 2 is 1.09 bits per heavy atom. The Morgan fingerprint density at radius 1 is 0.727 bits per heavy atom. The summed E-state index contributed by atoms with van der Waals surface area (Å²) in [6, 6.07) is 0. The fraction of sp³-hybridized carbons (Fsp3) is 0.947. The quantitative estimate of drug-likeness (QED) is 0.360. The molecule has 0 aliphatic heterocycles. The molecule has 0 heterocycles. The van der Waals surface area contributed by atoms with E-state index >= 15 is 0 Å². The summed E-state index contributed by atoms with van der Waals surface area (Å²) < 4.78 is 0. The van der Waals surface area contributed by atoms with Crippen molar-refractivity contribution in [2.75, 3.05) is 0 Å². The Balaban J connectivity index is 3.93. The van der Waals surface area contributed by atoms with Crippen LogP contribution in [0.1, 0.15) is 110 Å². The first-order chi connectivity index (χ1) is 10.5. The van der Waals surface area contributed by atoms with Gasteiger partial charge in [-0.25, -0.2) is 0 Å². The van der Waals surface area contributed by atoms with Crippen molar-refractivity contribution >= 4 is 5.97 Å². The van der Waals surface area contributed by atoms with E-state index in [0.29, 0.717) is 12.8 Å². The zero-order chi connectivity index (χ0) is 16.7. The summed E-state index contributed by atoms with van der Waals surface area (Å²) in [5.74, 6) is -0.875. The third-order valence-corrected chi connectivity index (χ3v) is 4.47. The normalized spacial score (nSPS) is 11.8. The maximum absolute atomic E-state index is 11.0. The van der Waals surface area contributed by atoms with Crippen LogP contribution in [0.3, 0.4) is 0 Å². The van der Waals surface area contributed by atoms with E-state index in [4.69, 9.17) is 5.11 Å². The fourth-order valence-electron chi connectivity index (χ4n) is 3.05. The topological polar surface area (TPSA) is 57.5 Å². The van der Waals surface area contributed by atoms with Gasteiger partial charge in [0.25, 0.3) is 0 Å². The molecule has 0 aliphatic carbocycles. The Kier molecular flexibility index (Phi) is 13.7. The molecule has 0 aromatic heterocycles. The van der Waals surface area contributed by atoms with Gasteiger partial charge in [0.2, 0.25) is 0 Å². The predicted molar refractivity (Wildman–Crippen MR) is 93.2 cm³/mol. The van der Waals surface area contributed by atoms with Gasteiger partial charge in [0.05, 0.1) is 12.0 Å². The first-order valence-electron chi connectivity index (χ1n) is 9.48. The van der Waals surface area contributed by atoms with E-state index in [1.807, 2.05) is 0 Å². The Morgan fingerprint density at radius 3 is 1.45 bits per heavy atom.